The van der Waals surface area contributed by atoms with E-state index in [4.69, 9.17) is 9.47 Å². The molecular formula is C17H24N2O3SSi. The van der Waals surface area contributed by atoms with E-state index in [-0.39, 0.29) is 5.97 Å². The monoisotopic (exact) mass is 364 g/mol. The molecule has 7 heteroatoms. The molecule has 1 aromatic carbocycles. The largest absolute Gasteiger partial charge is 0.465 e. The third-order valence-corrected chi connectivity index (χ3v) is 6.12. The second kappa shape index (κ2) is 8.50. The van der Waals surface area contributed by atoms with Crippen LogP contribution in [0.2, 0.25) is 25.7 Å². The zero-order chi connectivity index (χ0) is 17.6. The molecule has 0 unspecified atom stereocenters. The number of aromatic nitrogens is 2. The summed E-state index contributed by atoms with van der Waals surface area (Å²) in [7, 11) is 0.314. The van der Waals surface area contributed by atoms with Crippen LogP contribution in [0.4, 0.5) is 0 Å². The van der Waals surface area contributed by atoms with Crippen molar-refractivity contribution in [3.05, 3.63) is 42.2 Å². The van der Waals surface area contributed by atoms with Gasteiger partial charge in [0.25, 0.3) is 0 Å². The number of rotatable bonds is 8. The van der Waals surface area contributed by atoms with Gasteiger partial charge >= 0.3 is 5.97 Å². The lowest BCUT2D eigenvalue weighted by atomic mass is 10.2. The Morgan fingerprint density at radius 2 is 1.96 bits per heavy atom. The summed E-state index contributed by atoms with van der Waals surface area (Å²) in [5.41, 5.74) is 0.542. The summed E-state index contributed by atoms with van der Waals surface area (Å²) < 4.78 is 12.5. The molecule has 0 amide bonds. The van der Waals surface area contributed by atoms with Crippen LogP contribution in [-0.2, 0) is 16.2 Å². The van der Waals surface area contributed by atoms with Gasteiger partial charge in [-0.1, -0.05) is 31.4 Å². The molecule has 24 heavy (non-hydrogen) atoms. The van der Waals surface area contributed by atoms with Gasteiger partial charge in [0.15, 0.2) is 5.16 Å². The Balaban J connectivity index is 1.92. The minimum Gasteiger partial charge on any atom is -0.465 e. The topological polar surface area (TPSA) is 53.3 Å². The van der Waals surface area contributed by atoms with Crippen molar-refractivity contribution in [2.45, 2.75) is 42.5 Å². The minimum atomic E-state index is -1.06. The second-order valence-corrected chi connectivity index (χ2v) is 13.3. The number of ether oxygens (including phenoxy) is 2. The van der Waals surface area contributed by atoms with Gasteiger partial charge < -0.3 is 14.0 Å². The Hall–Kier alpha value is -1.57. The van der Waals surface area contributed by atoms with E-state index in [0.29, 0.717) is 12.3 Å². The van der Waals surface area contributed by atoms with Gasteiger partial charge in [0.1, 0.15) is 6.73 Å². The lowest BCUT2D eigenvalue weighted by Crippen LogP contribution is -2.22. The summed E-state index contributed by atoms with van der Waals surface area (Å²) >= 11 is 1.54. The number of carbonyl (C=O) groups is 1. The Morgan fingerprint density at radius 3 is 2.58 bits per heavy atom. The van der Waals surface area contributed by atoms with E-state index in [2.05, 4.69) is 24.6 Å². The molecule has 0 saturated carbocycles. The lowest BCUT2D eigenvalue weighted by Gasteiger charge is -2.16. The van der Waals surface area contributed by atoms with Gasteiger partial charge in [-0.2, -0.15) is 0 Å². The van der Waals surface area contributed by atoms with Crippen LogP contribution in [-0.4, -0.2) is 37.3 Å². The van der Waals surface area contributed by atoms with Crippen LogP contribution in [0.3, 0.4) is 0 Å². The molecule has 0 saturated heterocycles. The van der Waals surface area contributed by atoms with E-state index >= 15 is 0 Å². The third kappa shape index (κ3) is 5.81. The van der Waals surface area contributed by atoms with E-state index in [1.165, 1.54) is 7.11 Å². The van der Waals surface area contributed by atoms with Crippen molar-refractivity contribution < 1.29 is 14.3 Å². The van der Waals surface area contributed by atoms with Gasteiger partial charge in [0, 0.05) is 32.0 Å². The number of benzene rings is 1. The fraction of sp³-hybridized carbons (Fsp3) is 0.412. The van der Waals surface area contributed by atoms with Crippen LogP contribution in [0, 0.1) is 0 Å². The Morgan fingerprint density at radius 1 is 1.25 bits per heavy atom. The molecule has 0 aliphatic heterocycles. The van der Waals surface area contributed by atoms with E-state index in [9.17, 15) is 4.79 Å². The number of imidazole rings is 1. The number of hydrogen-bond donors (Lipinski definition) is 0. The second-order valence-electron chi connectivity index (χ2n) is 6.65. The van der Waals surface area contributed by atoms with Gasteiger partial charge in [-0.05, 0) is 30.3 Å². The summed E-state index contributed by atoms with van der Waals surface area (Å²) in [5.74, 6) is -0.330. The van der Waals surface area contributed by atoms with Crippen molar-refractivity contribution in [2.75, 3.05) is 13.7 Å². The van der Waals surface area contributed by atoms with Crippen LogP contribution in [0.15, 0.2) is 46.7 Å². The van der Waals surface area contributed by atoms with E-state index in [1.807, 2.05) is 22.9 Å². The number of hydrogen-bond acceptors (Lipinski definition) is 5. The summed E-state index contributed by atoms with van der Waals surface area (Å²) in [6, 6.07) is 8.45. The van der Waals surface area contributed by atoms with Gasteiger partial charge in [0.05, 0.1) is 12.7 Å². The van der Waals surface area contributed by atoms with Crippen LogP contribution < -0.4 is 0 Å². The first-order chi connectivity index (χ1) is 11.4. The van der Waals surface area contributed by atoms with Crippen LogP contribution in [0.1, 0.15) is 10.4 Å². The minimum absolute atomic E-state index is 0.330. The van der Waals surface area contributed by atoms with Crippen LogP contribution in [0.25, 0.3) is 0 Å². The van der Waals surface area contributed by atoms with Crippen molar-refractivity contribution in [3.63, 3.8) is 0 Å². The highest BCUT2D eigenvalue weighted by atomic mass is 32.2. The maximum absolute atomic E-state index is 11.5. The Labute approximate surface area is 148 Å². The predicted molar refractivity (Wildman–Crippen MR) is 98.2 cm³/mol. The molecule has 2 aromatic rings. The van der Waals surface area contributed by atoms with Gasteiger partial charge in [-0.25, -0.2) is 9.78 Å². The van der Waals surface area contributed by atoms with E-state index in [0.717, 1.165) is 22.7 Å². The van der Waals surface area contributed by atoms with Crippen LogP contribution in [0.5, 0.6) is 0 Å². The molecule has 0 aliphatic rings. The molecule has 5 nitrogen and oxygen atoms in total. The van der Waals surface area contributed by atoms with Gasteiger partial charge in [-0.3, -0.25) is 0 Å². The average Bonchev–Trinajstić information content (AvgIpc) is 2.98. The Kier molecular flexibility index (Phi) is 6.65. The molecule has 1 aromatic heterocycles. The summed E-state index contributed by atoms with van der Waals surface area (Å²) in [6.07, 6.45) is 3.69. The van der Waals surface area contributed by atoms with E-state index < -0.39 is 8.07 Å². The highest BCUT2D eigenvalue weighted by molar-refractivity contribution is 7.99. The van der Waals surface area contributed by atoms with Gasteiger partial charge in [0.2, 0.25) is 0 Å². The highest BCUT2D eigenvalue weighted by Gasteiger charge is 2.12. The first kappa shape index (κ1) is 18.8. The summed E-state index contributed by atoms with van der Waals surface area (Å²) in [6.45, 7) is 8.31. The highest BCUT2D eigenvalue weighted by Crippen LogP contribution is 2.26. The molecule has 0 radical (unpaired) electrons. The fourth-order valence-electron chi connectivity index (χ4n) is 1.92. The van der Waals surface area contributed by atoms with Gasteiger partial charge in [-0.15, -0.1) is 0 Å². The SMILES string of the molecule is COC(=O)c1ccc(Sc2nccn2COCC[Si](C)(C)C)cc1. The number of nitrogens with zero attached hydrogens (tertiary/aromatic N) is 2. The molecule has 0 spiro atoms. The molecule has 0 aliphatic carbocycles. The summed E-state index contributed by atoms with van der Waals surface area (Å²) in [4.78, 5) is 16.8. The molecule has 0 fully saturated rings. The summed E-state index contributed by atoms with van der Waals surface area (Å²) in [5, 5.41) is 0.869. The molecule has 1 heterocycles. The van der Waals surface area contributed by atoms with Crippen molar-refractivity contribution in [2.24, 2.45) is 0 Å². The molecule has 0 bridgehead atoms. The maximum Gasteiger partial charge on any atom is 0.337 e. The quantitative estimate of drug-likeness (QED) is 0.400. The van der Waals surface area contributed by atoms with Crippen LogP contribution >= 0.6 is 11.8 Å². The third-order valence-electron chi connectivity index (χ3n) is 3.39. The maximum atomic E-state index is 11.5. The standard InChI is InChI=1S/C17H24N2O3SSi/c1-21-16(20)14-5-7-15(8-6-14)23-17-18-9-10-19(17)13-22-11-12-24(2,3)4/h5-10H,11-13H2,1-4H3. The number of esters is 1. The Bertz CT molecular complexity index is 665. The predicted octanol–water partition coefficient (Wildman–Crippen LogP) is 4.13. The first-order valence-corrected chi connectivity index (χ1v) is 12.4. The molecular weight excluding hydrogens is 340 g/mol. The van der Waals surface area contributed by atoms with Crippen molar-refractivity contribution in [3.8, 4) is 0 Å². The van der Waals surface area contributed by atoms with Crippen molar-refractivity contribution >= 4 is 25.8 Å². The first-order valence-electron chi connectivity index (χ1n) is 7.84. The van der Waals surface area contributed by atoms with Crippen molar-refractivity contribution in [1.29, 1.82) is 0 Å². The zero-order valence-electron chi connectivity index (χ0n) is 14.6. The normalized spacial score (nSPS) is 11.5. The molecule has 0 N–H and O–H groups in total. The fourth-order valence-corrected chi connectivity index (χ4v) is 3.51. The average molecular weight is 365 g/mol. The molecule has 130 valence electrons. The number of carbonyl (C=O) groups excluding carboxylic acids is 1. The molecule has 2 rings (SSSR count). The molecule has 0 atom stereocenters. The smallest absolute Gasteiger partial charge is 0.337 e. The van der Waals surface area contributed by atoms with Crippen molar-refractivity contribution in [1.82, 2.24) is 9.55 Å². The van der Waals surface area contributed by atoms with E-state index in [1.54, 1.807) is 30.1 Å². The zero-order valence-corrected chi connectivity index (χ0v) is 16.4. The number of methoxy groups -OCH3 is 1. The lowest BCUT2D eigenvalue weighted by molar-refractivity contribution is 0.0600.